The normalized spacial score (nSPS) is 20.1. The van der Waals surface area contributed by atoms with Crippen LogP contribution in [0.25, 0.3) is 0 Å². The Labute approximate surface area is 133 Å². The molecule has 1 N–H and O–H groups in total. The summed E-state index contributed by atoms with van der Waals surface area (Å²) in [5.41, 5.74) is 1.40. The molecule has 1 aromatic carbocycles. The van der Waals surface area contributed by atoms with Gasteiger partial charge < -0.3 is 9.84 Å². The first kappa shape index (κ1) is 17.2. The largest absolute Gasteiger partial charge is 0.497 e. The number of aliphatic hydroxyl groups excluding tert-OH is 1. The van der Waals surface area contributed by atoms with Crippen LogP contribution in [-0.2, 0) is 10.0 Å². The number of piperidine rings is 1. The lowest BCUT2D eigenvalue weighted by Gasteiger charge is -2.35. The Hall–Kier alpha value is -1.11. The van der Waals surface area contributed by atoms with E-state index >= 15 is 0 Å². The van der Waals surface area contributed by atoms with Gasteiger partial charge in [-0.15, -0.1) is 0 Å². The molecular weight excluding hydrogens is 302 g/mol. The van der Waals surface area contributed by atoms with Gasteiger partial charge in [-0.05, 0) is 56.4 Å². The van der Waals surface area contributed by atoms with Gasteiger partial charge in [0, 0.05) is 19.2 Å². The average molecular weight is 327 g/mol. The van der Waals surface area contributed by atoms with Crippen LogP contribution in [0.3, 0.4) is 0 Å². The standard InChI is InChI=1S/C16H25NO4S/c1-12-10-15(21-3)11-13(2)16(12)22(19,20)17-8-5-4-6-14(17)7-9-18/h10-11,14,18H,4-9H2,1-3H3. The Kier molecular flexibility index (Phi) is 5.47. The maximum absolute atomic E-state index is 13.1. The minimum atomic E-state index is -3.55. The number of benzene rings is 1. The van der Waals surface area contributed by atoms with Crippen LogP contribution in [0.2, 0.25) is 0 Å². The van der Waals surface area contributed by atoms with E-state index < -0.39 is 10.0 Å². The van der Waals surface area contributed by atoms with Gasteiger partial charge in [0.15, 0.2) is 0 Å². The Morgan fingerprint density at radius 3 is 2.45 bits per heavy atom. The number of sulfonamides is 1. The van der Waals surface area contributed by atoms with Gasteiger partial charge in [-0.3, -0.25) is 0 Å². The quantitative estimate of drug-likeness (QED) is 0.900. The van der Waals surface area contributed by atoms with E-state index in [0.717, 1.165) is 19.3 Å². The molecule has 1 aliphatic heterocycles. The minimum absolute atomic E-state index is 0.0112. The number of hydrogen-bond donors (Lipinski definition) is 1. The second-order valence-corrected chi connectivity index (χ2v) is 7.70. The summed E-state index contributed by atoms with van der Waals surface area (Å²) < 4.78 is 33.0. The maximum Gasteiger partial charge on any atom is 0.243 e. The molecule has 0 amide bonds. The van der Waals surface area contributed by atoms with E-state index in [1.165, 1.54) is 0 Å². The maximum atomic E-state index is 13.1. The summed E-state index contributed by atoms with van der Waals surface area (Å²) in [7, 11) is -1.98. The zero-order chi connectivity index (χ0) is 16.3. The Morgan fingerprint density at radius 2 is 1.91 bits per heavy atom. The van der Waals surface area contributed by atoms with Gasteiger partial charge in [0.2, 0.25) is 10.0 Å². The molecule has 5 nitrogen and oxygen atoms in total. The molecular formula is C16H25NO4S. The van der Waals surface area contributed by atoms with Crippen molar-refractivity contribution < 1.29 is 18.3 Å². The lowest BCUT2D eigenvalue weighted by atomic mass is 10.0. The third-order valence-electron chi connectivity index (χ3n) is 4.27. The summed E-state index contributed by atoms with van der Waals surface area (Å²) in [4.78, 5) is 0.373. The summed E-state index contributed by atoms with van der Waals surface area (Å²) in [6.45, 7) is 4.13. The number of hydrogen-bond acceptors (Lipinski definition) is 4. The Morgan fingerprint density at radius 1 is 1.27 bits per heavy atom. The molecule has 1 saturated heterocycles. The fraction of sp³-hybridized carbons (Fsp3) is 0.625. The van der Waals surface area contributed by atoms with Crippen molar-refractivity contribution in [3.63, 3.8) is 0 Å². The molecule has 1 atom stereocenters. The van der Waals surface area contributed by atoms with Gasteiger partial charge in [0.25, 0.3) is 0 Å². The number of rotatable bonds is 5. The van der Waals surface area contributed by atoms with Gasteiger partial charge >= 0.3 is 0 Å². The molecule has 124 valence electrons. The molecule has 0 aromatic heterocycles. The topological polar surface area (TPSA) is 66.8 Å². The van der Waals surface area contributed by atoms with Crippen LogP contribution in [0.1, 0.15) is 36.8 Å². The second-order valence-electron chi connectivity index (χ2n) is 5.87. The van der Waals surface area contributed by atoms with Gasteiger partial charge in [0.1, 0.15) is 5.75 Å². The molecule has 0 bridgehead atoms. The number of nitrogens with zero attached hydrogens (tertiary/aromatic N) is 1. The summed E-state index contributed by atoms with van der Waals surface area (Å²) >= 11 is 0. The monoisotopic (exact) mass is 327 g/mol. The molecule has 1 aliphatic rings. The third-order valence-corrected chi connectivity index (χ3v) is 6.53. The molecule has 22 heavy (non-hydrogen) atoms. The molecule has 0 spiro atoms. The molecule has 6 heteroatoms. The van der Waals surface area contributed by atoms with Crippen molar-refractivity contribution in [3.8, 4) is 5.75 Å². The van der Waals surface area contributed by atoms with Crippen LogP contribution in [0.15, 0.2) is 17.0 Å². The van der Waals surface area contributed by atoms with E-state index in [1.807, 2.05) is 0 Å². The van der Waals surface area contributed by atoms with E-state index in [-0.39, 0.29) is 12.6 Å². The van der Waals surface area contributed by atoms with Crippen molar-refractivity contribution in [1.82, 2.24) is 4.31 Å². The highest BCUT2D eigenvalue weighted by Gasteiger charge is 2.35. The van der Waals surface area contributed by atoms with Gasteiger partial charge in [-0.25, -0.2) is 8.42 Å². The number of aryl methyl sites for hydroxylation is 2. The van der Waals surface area contributed by atoms with Crippen LogP contribution in [0.4, 0.5) is 0 Å². The van der Waals surface area contributed by atoms with E-state index in [9.17, 15) is 13.5 Å². The highest BCUT2D eigenvalue weighted by Crippen LogP contribution is 2.32. The fourth-order valence-electron chi connectivity index (χ4n) is 3.28. The lowest BCUT2D eigenvalue weighted by Crippen LogP contribution is -2.44. The van der Waals surface area contributed by atoms with Crippen molar-refractivity contribution in [3.05, 3.63) is 23.3 Å². The molecule has 1 fully saturated rings. The van der Waals surface area contributed by atoms with Crippen LogP contribution in [0.5, 0.6) is 5.75 Å². The summed E-state index contributed by atoms with van der Waals surface area (Å²) in [5, 5.41) is 9.21. The predicted molar refractivity (Wildman–Crippen MR) is 85.7 cm³/mol. The lowest BCUT2D eigenvalue weighted by molar-refractivity contribution is 0.192. The van der Waals surface area contributed by atoms with Crippen molar-refractivity contribution >= 4 is 10.0 Å². The average Bonchev–Trinajstić information content (AvgIpc) is 2.47. The molecule has 1 aromatic rings. The highest BCUT2D eigenvalue weighted by atomic mass is 32.2. The minimum Gasteiger partial charge on any atom is -0.497 e. The third kappa shape index (κ3) is 3.29. The Balaban J connectivity index is 2.45. The van der Waals surface area contributed by atoms with Crippen LogP contribution >= 0.6 is 0 Å². The van der Waals surface area contributed by atoms with E-state index in [2.05, 4.69) is 0 Å². The number of aliphatic hydroxyl groups is 1. The van der Waals surface area contributed by atoms with Gasteiger partial charge in [-0.1, -0.05) is 6.42 Å². The second kappa shape index (κ2) is 6.98. The molecule has 0 aliphatic carbocycles. The number of methoxy groups -OCH3 is 1. The molecule has 1 heterocycles. The highest BCUT2D eigenvalue weighted by molar-refractivity contribution is 7.89. The van der Waals surface area contributed by atoms with Gasteiger partial charge in [0.05, 0.1) is 12.0 Å². The van der Waals surface area contributed by atoms with Crippen molar-refractivity contribution in [2.45, 2.75) is 50.5 Å². The predicted octanol–water partition coefficient (Wildman–Crippen LogP) is 2.24. The summed E-state index contributed by atoms with van der Waals surface area (Å²) in [6, 6.07) is 3.40. The first-order chi connectivity index (χ1) is 10.4. The molecule has 1 unspecified atom stereocenters. The smallest absolute Gasteiger partial charge is 0.243 e. The summed E-state index contributed by atoms with van der Waals surface area (Å²) in [6.07, 6.45) is 3.19. The zero-order valence-corrected chi connectivity index (χ0v) is 14.3. The fourth-order valence-corrected chi connectivity index (χ4v) is 5.42. The Bertz CT molecular complexity index is 602. The van der Waals surface area contributed by atoms with E-state index in [1.54, 1.807) is 37.4 Å². The molecule has 0 saturated carbocycles. The van der Waals surface area contributed by atoms with Gasteiger partial charge in [-0.2, -0.15) is 4.31 Å². The number of ether oxygens (including phenoxy) is 1. The van der Waals surface area contributed by atoms with Crippen LogP contribution in [0, 0.1) is 13.8 Å². The van der Waals surface area contributed by atoms with E-state index in [0.29, 0.717) is 34.7 Å². The first-order valence-electron chi connectivity index (χ1n) is 7.69. The van der Waals surface area contributed by atoms with Crippen molar-refractivity contribution in [2.24, 2.45) is 0 Å². The zero-order valence-electron chi connectivity index (χ0n) is 13.5. The van der Waals surface area contributed by atoms with Crippen molar-refractivity contribution in [2.75, 3.05) is 20.3 Å². The SMILES string of the molecule is COc1cc(C)c(S(=O)(=O)N2CCCCC2CCO)c(C)c1. The molecule has 0 radical (unpaired) electrons. The summed E-state index contributed by atoms with van der Waals surface area (Å²) in [5.74, 6) is 0.666. The van der Waals surface area contributed by atoms with Crippen LogP contribution in [-0.4, -0.2) is 44.1 Å². The first-order valence-corrected chi connectivity index (χ1v) is 9.13. The van der Waals surface area contributed by atoms with E-state index in [4.69, 9.17) is 4.74 Å². The van der Waals surface area contributed by atoms with Crippen molar-refractivity contribution in [1.29, 1.82) is 0 Å². The van der Waals surface area contributed by atoms with Crippen LogP contribution < -0.4 is 4.74 Å². The molecule has 2 rings (SSSR count).